The highest BCUT2D eigenvalue weighted by Crippen LogP contribution is 2.37. The van der Waals surface area contributed by atoms with E-state index < -0.39 is 34.8 Å². The molecular weight excluding hydrogens is 500 g/mol. The highest BCUT2D eigenvalue weighted by molar-refractivity contribution is 5.88. The predicted octanol–water partition coefficient (Wildman–Crippen LogP) is 3.84. The van der Waals surface area contributed by atoms with Gasteiger partial charge in [-0.1, -0.05) is 45.0 Å². The van der Waals surface area contributed by atoms with Gasteiger partial charge in [0.15, 0.2) is 11.2 Å². The average Bonchev–Trinajstić information content (AvgIpc) is 3.05. The Kier molecular flexibility index (Phi) is 7.57. The zero-order valence-corrected chi connectivity index (χ0v) is 22.9. The minimum absolute atomic E-state index is 0.115. The molecule has 3 aromatic rings. The van der Waals surface area contributed by atoms with Crippen molar-refractivity contribution in [3.8, 4) is 17.2 Å². The van der Waals surface area contributed by atoms with Crippen molar-refractivity contribution < 1.29 is 23.8 Å². The fourth-order valence-corrected chi connectivity index (χ4v) is 5.02. The zero-order chi connectivity index (χ0) is 28.5. The molecule has 2 amide bonds. The lowest BCUT2D eigenvalue weighted by Crippen LogP contribution is -2.63. The van der Waals surface area contributed by atoms with Crippen LogP contribution in [0, 0.1) is 23.7 Å². The third-order valence-electron chi connectivity index (χ3n) is 7.45. The minimum atomic E-state index is -1.44. The van der Waals surface area contributed by atoms with Crippen molar-refractivity contribution in [1.29, 1.82) is 5.26 Å². The second-order valence-electron chi connectivity index (χ2n) is 11.1. The number of nitrogens with zero attached hydrogens (tertiary/aromatic N) is 3. The van der Waals surface area contributed by atoms with Gasteiger partial charge in [-0.2, -0.15) is 5.26 Å². The molecule has 39 heavy (non-hydrogen) atoms. The van der Waals surface area contributed by atoms with Crippen LogP contribution in [-0.4, -0.2) is 57.9 Å². The predicted molar refractivity (Wildman–Crippen MR) is 145 cm³/mol. The number of benzene rings is 2. The molecule has 1 aliphatic rings. The SMILES string of the molecule is Cc1cc(-c2ccc(C[C@@H](C#N)NC(=O)[C@]3(C(C)(C)C)CN(C(=O)O)CCCO3)cc2)cc2c1oc(=O)n2C. The first kappa shape index (κ1) is 27.9. The number of fused-ring (bicyclic) bond motifs is 1. The van der Waals surface area contributed by atoms with Crippen molar-refractivity contribution in [3.63, 3.8) is 0 Å². The number of carboxylic acid groups (broad SMARTS) is 1. The summed E-state index contributed by atoms with van der Waals surface area (Å²) in [6, 6.07) is 12.8. The monoisotopic (exact) mass is 534 g/mol. The Morgan fingerprint density at radius 1 is 1.21 bits per heavy atom. The van der Waals surface area contributed by atoms with Crippen LogP contribution in [0.5, 0.6) is 0 Å². The van der Waals surface area contributed by atoms with E-state index in [-0.39, 0.29) is 26.1 Å². The Hall–Kier alpha value is -4.10. The molecule has 0 radical (unpaired) electrons. The first-order valence-electron chi connectivity index (χ1n) is 12.9. The molecule has 206 valence electrons. The molecule has 0 spiro atoms. The lowest BCUT2D eigenvalue weighted by atomic mass is 9.75. The van der Waals surface area contributed by atoms with Gasteiger partial charge in [-0.05, 0) is 47.7 Å². The number of oxazole rings is 1. The maximum atomic E-state index is 13.6. The molecule has 0 unspecified atom stereocenters. The number of nitriles is 1. The molecule has 2 N–H and O–H groups in total. The van der Waals surface area contributed by atoms with Gasteiger partial charge in [0.05, 0.1) is 18.1 Å². The number of ether oxygens (including phenoxy) is 1. The van der Waals surface area contributed by atoms with Crippen LogP contribution in [0.4, 0.5) is 4.79 Å². The molecule has 10 heteroatoms. The molecule has 0 aliphatic carbocycles. The van der Waals surface area contributed by atoms with E-state index in [0.29, 0.717) is 17.5 Å². The van der Waals surface area contributed by atoms with Gasteiger partial charge in [0, 0.05) is 32.0 Å². The van der Waals surface area contributed by atoms with Gasteiger partial charge < -0.3 is 24.5 Å². The Labute approximate surface area is 226 Å². The van der Waals surface area contributed by atoms with Gasteiger partial charge >= 0.3 is 11.8 Å². The fourth-order valence-electron chi connectivity index (χ4n) is 5.02. The summed E-state index contributed by atoms with van der Waals surface area (Å²) in [7, 11) is 1.67. The maximum Gasteiger partial charge on any atom is 0.419 e. The first-order chi connectivity index (χ1) is 18.4. The van der Waals surface area contributed by atoms with Crippen LogP contribution in [-0.2, 0) is 23.0 Å². The zero-order valence-electron chi connectivity index (χ0n) is 22.9. The minimum Gasteiger partial charge on any atom is -0.465 e. The Morgan fingerprint density at radius 2 is 1.90 bits per heavy atom. The number of hydrogen-bond acceptors (Lipinski definition) is 6. The third kappa shape index (κ3) is 5.40. The van der Waals surface area contributed by atoms with Crippen molar-refractivity contribution in [2.24, 2.45) is 12.5 Å². The molecule has 2 aromatic carbocycles. The summed E-state index contributed by atoms with van der Waals surface area (Å²) < 4.78 is 12.8. The number of carbonyl (C=O) groups excluding carboxylic acids is 1. The van der Waals surface area contributed by atoms with E-state index in [1.165, 1.54) is 9.47 Å². The summed E-state index contributed by atoms with van der Waals surface area (Å²) in [6.07, 6.45) is -0.364. The lowest BCUT2D eigenvalue weighted by molar-refractivity contribution is -0.165. The molecule has 0 bridgehead atoms. The normalized spacial score (nSPS) is 18.8. The third-order valence-corrected chi connectivity index (χ3v) is 7.45. The number of rotatable bonds is 5. The number of aromatic nitrogens is 1. The van der Waals surface area contributed by atoms with Crippen molar-refractivity contribution >= 4 is 23.1 Å². The number of hydrogen-bond donors (Lipinski definition) is 2. The molecule has 1 fully saturated rings. The Balaban J connectivity index is 1.53. The van der Waals surface area contributed by atoms with Crippen LogP contribution in [0.15, 0.2) is 45.6 Å². The average molecular weight is 535 g/mol. The smallest absolute Gasteiger partial charge is 0.419 e. The summed E-state index contributed by atoms with van der Waals surface area (Å²) in [5.74, 6) is -0.913. The maximum absolute atomic E-state index is 13.6. The molecule has 1 aromatic heterocycles. The number of carbonyl (C=O) groups is 2. The van der Waals surface area contributed by atoms with Gasteiger partial charge in [0.1, 0.15) is 6.04 Å². The quantitative estimate of drug-likeness (QED) is 0.507. The van der Waals surface area contributed by atoms with Crippen molar-refractivity contribution in [1.82, 2.24) is 14.8 Å². The summed E-state index contributed by atoms with van der Waals surface area (Å²) in [5.41, 5.74) is 2.66. The van der Waals surface area contributed by atoms with Crippen molar-refractivity contribution in [3.05, 3.63) is 58.1 Å². The first-order valence-corrected chi connectivity index (χ1v) is 12.9. The summed E-state index contributed by atoms with van der Waals surface area (Å²) >= 11 is 0. The highest BCUT2D eigenvalue weighted by Gasteiger charge is 2.53. The van der Waals surface area contributed by atoms with E-state index in [9.17, 15) is 24.8 Å². The Bertz CT molecular complexity index is 1490. The molecule has 2 atom stereocenters. The molecule has 4 rings (SSSR count). The van der Waals surface area contributed by atoms with E-state index in [4.69, 9.17) is 9.15 Å². The van der Waals surface area contributed by atoms with Crippen LogP contribution < -0.4 is 11.1 Å². The van der Waals surface area contributed by atoms with E-state index in [0.717, 1.165) is 22.3 Å². The molecule has 2 heterocycles. The van der Waals surface area contributed by atoms with Gasteiger partial charge in [-0.3, -0.25) is 9.36 Å². The van der Waals surface area contributed by atoms with Crippen LogP contribution in [0.1, 0.15) is 38.3 Å². The fraction of sp³-hybridized carbons (Fsp3) is 0.448. The summed E-state index contributed by atoms with van der Waals surface area (Å²) in [6.45, 7) is 7.79. The van der Waals surface area contributed by atoms with Crippen molar-refractivity contribution in [2.75, 3.05) is 19.7 Å². The second-order valence-corrected chi connectivity index (χ2v) is 11.1. The van der Waals surface area contributed by atoms with Crippen LogP contribution >= 0.6 is 0 Å². The van der Waals surface area contributed by atoms with Gasteiger partial charge in [-0.25, -0.2) is 9.59 Å². The summed E-state index contributed by atoms with van der Waals surface area (Å²) in [4.78, 5) is 38.5. The van der Waals surface area contributed by atoms with E-state index in [1.807, 2.05) is 64.1 Å². The molecule has 0 saturated carbocycles. The molecular formula is C29H34N4O6. The topological polar surface area (TPSA) is 138 Å². The van der Waals surface area contributed by atoms with E-state index in [2.05, 4.69) is 11.4 Å². The number of aryl methyl sites for hydroxylation is 2. The van der Waals surface area contributed by atoms with Crippen molar-refractivity contribution in [2.45, 2.75) is 52.2 Å². The van der Waals surface area contributed by atoms with Crippen LogP contribution in [0.3, 0.4) is 0 Å². The van der Waals surface area contributed by atoms with Crippen LogP contribution in [0.2, 0.25) is 0 Å². The lowest BCUT2D eigenvalue weighted by Gasteiger charge is -2.43. The van der Waals surface area contributed by atoms with Gasteiger partial charge in [0.25, 0.3) is 5.91 Å². The van der Waals surface area contributed by atoms with Crippen LogP contribution in [0.25, 0.3) is 22.2 Å². The van der Waals surface area contributed by atoms with Gasteiger partial charge in [-0.15, -0.1) is 0 Å². The number of nitrogens with one attached hydrogen (secondary N) is 1. The molecule has 1 saturated heterocycles. The van der Waals surface area contributed by atoms with Gasteiger partial charge in [0.2, 0.25) is 0 Å². The second kappa shape index (κ2) is 10.6. The van der Waals surface area contributed by atoms with E-state index >= 15 is 0 Å². The van der Waals surface area contributed by atoms with E-state index in [1.54, 1.807) is 7.05 Å². The largest absolute Gasteiger partial charge is 0.465 e. The standard InChI is InChI=1S/C29H34N4O6/c1-18-13-21(15-23-24(18)39-27(37)32(23)5)20-9-7-19(8-10-20)14-22(16-30)31-25(34)29(28(2,3)4)17-33(26(35)36)11-6-12-38-29/h7-10,13,15,22H,6,11-12,14,17H2,1-5H3,(H,31,34)(H,35,36)/t22-,29-/m0/s1. The summed E-state index contributed by atoms with van der Waals surface area (Å²) in [5, 5.41) is 22.3. The Morgan fingerprint density at radius 3 is 2.51 bits per heavy atom. The highest BCUT2D eigenvalue weighted by atomic mass is 16.5. The molecule has 10 nitrogen and oxygen atoms in total. The number of amides is 2. The molecule has 1 aliphatic heterocycles.